The SMILES string of the molecule is CCOC(=O)C1=C(C)N2C(N)=C(C#N)[C@@H](C(C#N)C#N)C2=C(C(=O)OCC)[C@@H]1c1cccs1. The maximum absolute atomic E-state index is 13.3. The number of rotatable bonds is 6. The van der Waals surface area contributed by atoms with Crippen LogP contribution in [0.4, 0.5) is 0 Å². The highest BCUT2D eigenvalue weighted by atomic mass is 32.1. The molecule has 0 aliphatic carbocycles. The van der Waals surface area contributed by atoms with E-state index in [4.69, 9.17) is 15.2 Å². The molecule has 3 heterocycles. The van der Waals surface area contributed by atoms with Crippen LogP contribution < -0.4 is 5.73 Å². The summed E-state index contributed by atoms with van der Waals surface area (Å²) >= 11 is 1.33. The molecule has 0 aromatic carbocycles. The number of hydrogen-bond donors (Lipinski definition) is 1. The Hall–Kier alpha value is -4.07. The van der Waals surface area contributed by atoms with Crippen molar-refractivity contribution in [2.75, 3.05) is 13.2 Å². The van der Waals surface area contributed by atoms with Crippen molar-refractivity contribution in [1.82, 2.24) is 4.90 Å². The van der Waals surface area contributed by atoms with Crippen molar-refractivity contribution in [2.45, 2.75) is 26.7 Å². The topological polar surface area (TPSA) is 153 Å². The molecule has 0 saturated heterocycles. The molecule has 3 rings (SSSR count). The summed E-state index contributed by atoms with van der Waals surface area (Å²) in [6.45, 7) is 5.11. The predicted molar refractivity (Wildman–Crippen MR) is 117 cm³/mol. The van der Waals surface area contributed by atoms with E-state index in [1.165, 1.54) is 16.2 Å². The number of hydrogen-bond acceptors (Lipinski definition) is 10. The van der Waals surface area contributed by atoms with Gasteiger partial charge in [0, 0.05) is 16.3 Å². The third-order valence-corrected chi connectivity index (χ3v) is 6.43. The van der Waals surface area contributed by atoms with Crippen LogP contribution in [0.2, 0.25) is 0 Å². The van der Waals surface area contributed by atoms with Gasteiger partial charge in [-0.15, -0.1) is 11.3 Å². The monoisotopic (exact) mass is 463 g/mol. The molecule has 1 aromatic heterocycles. The van der Waals surface area contributed by atoms with Crippen LogP contribution in [0.25, 0.3) is 0 Å². The standard InChI is InChI=1S/C23H21N5O4S/c1-4-31-22(29)16-12(3)28-20(17(13(9-24)10-25)14(11-26)21(28)27)19(23(30)32-5-2)18(16)15-7-6-8-33-15/h6-8,13,17-18H,4-5,27H2,1-3H3/t17-,18-/m1/s1. The van der Waals surface area contributed by atoms with Crippen molar-refractivity contribution in [2.24, 2.45) is 17.6 Å². The highest BCUT2D eigenvalue weighted by Gasteiger charge is 2.51. The molecule has 9 nitrogen and oxygen atoms in total. The summed E-state index contributed by atoms with van der Waals surface area (Å²) in [5.74, 6) is -4.65. The molecule has 2 aliphatic rings. The molecular weight excluding hydrogens is 442 g/mol. The van der Waals surface area contributed by atoms with E-state index in [1.807, 2.05) is 18.2 Å². The minimum Gasteiger partial charge on any atom is -0.463 e. The number of carbonyl (C=O) groups excluding carboxylic acids is 2. The van der Waals surface area contributed by atoms with Gasteiger partial charge in [-0.05, 0) is 32.2 Å². The maximum atomic E-state index is 13.3. The van der Waals surface area contributed by atoms with E-state index in [0.717, 1.165) is 0 Å². The molecule has 2 N–H and O–H groups in total. The van der Waals surface area contributed by atoms with Gasteiger partial charge in [0.1, 0.15) is 11.7 Å². The Morgan fingerprint density at radius 3 is 2.24 bits per heavy atom. The molecule has 33 heavy (non-hydrogen) atoms. The van der Waals surface area contributed by atoms with Gasteiger partial charge in [0.25, 0.3) is 0 Å². The molecule has 0 bridgehead atoms. The van der Waals surface area contributed by atoms with E-state index in [2.05, 4.69) is 0 Å². The van der Waals surface area contributed by atoms with Gasteiger partial charge >= 0.3 is 11.9 Å². The second kappa shape index (κ2) is 9.60. The van der Waals surface area contributed by atoms with E-state index in [0.29, 0.717) is 10.6 Å². The van der Waals surface area contributed by atoms with Crippen molar-refractivity contribution in [3.05, 3.63) is 56.3 Å². The van der Waals surface area contributed by atoms with Crippen molar-refractivity contribution in [3.8, 4) is 18.2 Å². The van der Waals surface area contributed by atoms with E-state index in [9.17, 15) is 25.4 Å². The number of nitriles is 3. The van der Waals surface area contributed by atoms with Crippen LogP contribution in [-0.4, -0.2) is 30.1 Å². The summed E-state index contributed by atoms with van der Waals surface area (Å²) in [6, 6.07) is 9.35. The summed E-state index contributed by atoms with van der Waals surface area (Å²) in [7, 11) is 0. The third kappa shape index (κ3) is 3.73. The maximum Gasteiger partial charge on any atom is 0.336 e. The van der Waals surface area contributed by atoms with Crippen molar-refractivity contribution in [1.29, 1.82) is 15.8 Å². The summed E-state index contributed by atoms with van der Waals surface area (Å²) < 4.78 is 10.6. The summed E-state index contributed by atoms with van der Waals surface area (Å²) in [5.41, 5.74) is 7.09. The first-order valence-electron chi connectivity index (χ1n) is 10.2. The van der Waals surface area contributed by atoms with Gasteiger partial charge in [-0.2, -0.15) is 15.8 Å². The van der Waals surface area contributed by atoms with Crippen LogP contribution in [0.15, 0.2) is 51.4 Å². The third-order valence-electron chi connectivity index (χ3n) is 5.49. The second-order valence-corrected chi connectivity index (χ2v) is 8.13. The average Bonchev–Trinajstić information content (AvgIpc) is 3.41. The number of nitrogens with two attached hydrogens (primary N) is 1. The van der Waals surface area contributed by atoms with Gasteiger partial charge in [0.05, 0.1) is 60.0 Å². The van der Waals surface area contributed by atoms with Gasteiger partial charge in [-0.1, -0.05) is 6.07 Å². The summed E-state index contributed by atoms with van der Waals surface area (Å²) in [4.78, 5) is 28.5. The van der Waals surface area contributed by atoms with Gasteiger partial charge in [-0.25, -0.2) is 9.59 Å². The molecular formula is C23H21N5O4S. The quantitative estimate of drug-likeness (QED) is 0.627. The molecule has 0 spiro atoms. The molecule has 2 aliphatic heterocycles. The zero-order valence-electron chi connectivity index (χ0n) is 18.3. The van der Waals surface area contributed by atoms with Crippen LogP contribution in [0, 0.1) is 45.8 Å². The van der Waals surface area contributed by atoms with Gasteiger partial charge < -0.3 is 20.1 Å². The lowest BCUT2D eigenvalue weighted by atomic mass is 9.77. The highest BCUT2D eigenvalue weighted by Crippen LogP contribution is 2.52. The van der Waals surface area contributed by atoms with Gasteiger partial charge in [0.2, 0.25) is 0 Å². The molecule has 0 saturated carbocycles. The Bertz CT molecular complexity index is 1190. The van der Waals surface area contributed by atoms with Crippen LogP contribution in [0.5, 0.6) is 0 Å². The van der Waals surface area contributed by atoms with E-state index < -0.39 is 29.7 Å². The Kier molecular flexibility index (Phi) is 6.86. The average molecular weight is 464 g/mol. The second-order valence-electron chi connectivity index (χ2n) is 7.15. The summed E-state index contributed by atoms with van der Waals surface area (Å²) in [5, 5.41) is 30.9. The molecule has 0 unspecified atom stereocenters. The fourth-order valence-corrected chi connectivity index (χ4v) is 5.07. The first-order chi connectivity index (χ1) is 15.9. The van der Waals surface area contributed by atoms with E-state index in [1.54, 1.807) is 38.3 Å². The largest absolute Gasteiger partial charge is 0.463 e. The fourth-order valence-electron chi connectivity index (χ4n) is 4.23. The Labute approximate surface area is 195 Å². The van der Waals surface area contributed by atoms with Crippen LogP contribution in [-0.2, 0) is 19.1 Å². The van der Waals surface area contributed by atoms with Crippen LogP contribution in [0.1, 0.15) is 31.6 Å². The Morgan fingerprint density at radius 2 is 1.76 bits per heavy atom. The lowest BCUT2D eigenvalue weighted by Crippen LogP contribution is -2.37. The minimum atomic E-state index is -1.29. The molecule has 0 radical (unpaired) electrons. The zero-order valence-corrected chi connectivity index (χ0v) is 19.1. The molecule has 0 amide bonds. The lowest BCUT2D eigenvalue weighted by Gasteiger charge is -2.37. The molecule has 1 aromatic rings. The smallest absolute Gasteiger partial charge is 0.336 e. The van der Waals surface area contributed by atoms with Crippen molar-refractivity contribution >= 4 is 23.3 Å². The number of nitrogens with zero attached hydrogens (tertiary/aromatic N) is 4. The van der Waals surface area contributed by atoms with E-state index in [-0.39, 0.29) is 41.5 Å². The van der Waals surface area contributed by atoms with Gasteiger partial charge in [-0.3, -0.25) is 0 Å². The van der Waals surface area contributed by atoms with Crippen LogP contribution >= 0.6 is 11.3 Å². The van der Waals surface area contributed by atoms with Crippen molar-refractivity contribution in [3.63, 3.8) is 0 Å². The summed E-state index contributed by atoms with van der Waals surface area (Å²) in [6.07, 6.45) is 0. The first-order valence-corrected chi connectivity index (χ1v) is 11.1. The number of fused-ring (bicyclic) bond motifs is 1. The molecule has 168 valence electrons. The first kappa shape index (κ1) is 23.6. The number of esters is 2. The number of ether oxygens (including phenoxy) is 2. The van der Waals surface area contributed by atoms with Crippen molar-refractivity contribution < 1.29 is 19.1 Å². The Balaban J connectivity index is 2.44. The fraction of sp³-hybridized carbons (Fsp3) is 0.348. The lowest BCUT2D eigenvalue weighted by molar-refractivity contribution is -0.139. The van der Waals surface area contributed by atoms with E-state index >= 15 is 0 Å². The molecule has 10 heteroatoms. The molecule has 2 atom stereocenters. The minimum absolute atomic E-state index is 0.0192. The molecule has 0 fully saturated rings. The predicted octanol–water partition coefficient (Wildman–Crippen LogP) is 2.79. The number of thiophene rings is 1. The normalized spacial score (nSPS) is 19.7. The highest BCUT2D eigenvalue weighted by molar-refractivity contribution is 7.10. The number of carbonyl (C=O) groups is 2. The number of allylic oxidation sites excluding steroid dienone is 2. The van der Waals surface area contributed by atoms with Crippen LogP contribution in [0.3, 0.4) is 0 Å². The van der Waals surface area contributed by atoms with Gasteiger partial charge in [0.15, 0.2) is 0 Å². The zero-order chi connectivity index (χ0) is 24.3. The Morgan fingerprint density at radius 1 is 1.15 bits per heavy atom.